The van der Waals surface area contributed by atoms with Gasteiger partial charge in [-0.3, -0.25) is 4.79 Å². The molecule has 0 radical (unpaired) electrons. The van der Waals surface area contributed by atoms with Crippen molar-refractivity contribution in [2.75, 3.05) is 5.32 Å². The summed E-state index contributed by atoms with van der Waals surface area (Å²) >= 11 is 0. The van der Waals surface area contributed by atoms with E-state index in [-0.39, 0.29) is 11.3 Å². The molecule has 5 heteroatoms. The molecule has 4 nitrogen and oxygen atoms in total. The molecule has 3 rings (SSSR count). The van der Waals surface area contributed by atoms with Gasteiger partial charge in [-0.05, 0) is 42.7 Å². The van der Waals surface area contributed by atoms with E-state index in [4.69, 9.17) is 10.2 Å². The van der Waals surface area contributed by atoms with Gasteiger partial charge in [-0.1, -0.05) is 6.92 Å². The predicted molar refractivity (Wildman–Crippen MR) is 77.5 cm³/mol. The highest BCUT2D eigenvalue weighted by molar-refractivity contribution is 5.93. The lowest BCUT2D eigenvalue weighted by atomic mass is 10.2. The van der Waals surface area contributed by atoms with Gasteiger partial charge in [0.1, 0.15) is 17.3 Å². The summed E-state index contributed by atoms with van der Waals surface area (Å²) in [4.78, 5) is 11.1. The molecule has 0 spiro atoms. The van der Waals surface area contributed by atoms with Crippen molar-refractivity contribution in [3.05, 3.63) is 53.2 Å². The number of carbonyl (C=O) groups is 1. The third-order valence-corrected chi connectivity index (χ3v) is 3.86. The van der Waals surface area contributed by atoms with Crippen LogP contribution in [0.2, 0.25) is 0 Å². The number of nitrogens with one attached hydrogen (secondary N) is 1. The van der Waals surface area contributed by atoms with E-state index in [0.717, 1.165) is 17.9 Å². The number of benzene rings is 1. The molecule has 3 N–H and O–H groups in total. The molecule has 0 saturated heterocycles. The van der Waals surface area contributed by atoms with E-state index in [2.05, 4.69) is 12.2 Å². The summed E-state index contributed by atoms with van der Waals surface area (Å²) in [6.45, 7) is 2.55. The van der Waals surface area contributed by atoms with E-state index >= 15 is 0 Å². The Morgan fingerprint density at radius 2 is 2.19 bits per heavy atom. The van der Waals surface area contributed by atoms with Gasteiger partial charge in [-0.25, -0.2) is 4.39 Å². The van der Waals surface area contributed by atoms with Gasteiger partial charge in [0.25, 0.3) is 0 Å². The molecule has 1 amide bonds. The van der Waals surface area contributed by atoms with Gasteiger partial charge in [-0.2, -0.15) is 0 Å². The largest absolute Gasteiger partial charge is 0.464 e. The molecule has 1 saturated carbocycles. The second-order valence-electron chi connectivity index (χ2n) is 5.54. The number of halogens is 1. The summed E-state index contributed by atoms with van der Waals surface area (Å²) in [5.41, 5.74) is 5.70. The molecule has 1 fully saturated rings. The molecule has 0 bridgehead atoms. The quantitative estimate of drug-likeness (QED) is 0.887. The van der Waals surface area contributed by atoms with Crippen LogP contribution in [0.1, 0.15) is 41.1 Å². The van der Waals surface area contributed by atoms with Crippen LogP contribution >= 0.6 is 0 Å². The summed E-state index contributed by atoms with van der Waals surface area (Å²) in [6, 6.07) is 7.86. The number of anilines is 1. The van der Waals surface area contributed by atoms with E-state index in [1.807, 2.05) is 12.1 Å². The topological polar surface area (TPSA) is 68.3 Å². The van der Waals surface area contributed by atoms with Crippen LogP contribution in [0.25, 0.3) is 0 Å². The van der Waals surface area contributed by atoms with Crippen molar-refractivity contribution in [3.63, 3.8) is 0 Å². The van der Waals surface area contributed by atoms with Gasteiger partial charge >= 0.3 is 0 Å². The molecule has 1 aliphatic rings. The monoisotopic (exact) mass is 288 g/mol. The fraction of sp³-hybridized carbons (Fsp3) is 0.312. The molecular formula is C16H17FN2O2. The second kappa shape index (κ2) is 5.24. The number of furan rings is 1. The first kappa shape index (κ1) is 13.7. The molecule has 1 aliphatic carbocycles. The number of hydrogen-bond acceptors (Lipinski definition) is 3. The van der Waals surface area contributed by atoms with E-state index in [9.17, 15) is 9.18 Å². The van der Waals surface area contributed by atoms with E-state index < -0.39 is 11.7 Å². The average molecular weight is 288 g/mol. The standard InChI is InChI=1S/C16H17FN2O2/c1-9-6-12(9)15-5-3-11(21-15)8-19-14-7-10(16(18)20)2-4-13(14)17/h2-5,7,9,12,19H,6,8H2,1H3,(H2,18,20). The van der Waals surface area contributed by atoms with E-state index in [1.54, 1.807) is 0 Å². The Morgan fingerprint density at radius 3 is 2.86 bits per heavy atom. The summed E-state index contributed by atoms with van der Waals surface area (Å²) in [6.07, 6.45) is 1.16. The zero-order chi connectivity index (χ0) is 15.0. The highest BCUT2D eigenvalue weighted by Gasteiger charge is 2.36. The zero-order valence-corrected chi connectivity index (χ0v) is 11.7. The maximum atomic E-state index is 13.7. The van der Waals surface area contributed by atoms with Gasteiger partial charge in [0.05, 0.1) is 12.2 Å². The van der Waals surface area contributed by atoms with Crippen LogP contribution in [0, 0.1) is 11.7 Å². The fourth-order valence-electron chi connectivity index (χ4n) is 2.40. The fourth-order valence-corrected chi connectivity index (χ4v) is 2.40. The van der Waals surface area contributed by atoms with Crippen LogP contribution < -0.4 is 11.1 Å². The van der Waals surface area contributed by atoms with Gasteiger partial charge in [-0.15, -0.1) is 0 Å². The van der Waals surface area contributed by atoms with Crippen LogP contribution in [-0.2, 0) is 6.54 Å². The van der Waals surface area contributed by atoms with Gasteiger partial charge in [0.2, 0.25) is 5.91 Å². The number of primary amides is 1. The van der Waals surface area contributed by atoms with Crippen LogP contribution in [0.5, 0.6) is 0 Å². The van der Waals surface area contributed by atoms with Crippen molar-refractivity contribution in [3.8, 4) is 0 Å². The van der Waals surface area contributed by atoms with Crippen molar-refractivity contribution in [2.24, 2.45) is 11.7 Å². The minimum absolute atomic E-state index is 0.240. The normalized spacial score (nSPS) is 20.3. The Labute approximate surface area is 122 Å². The molecule has 2 atom stereocenters. The number of rotatable bonds is 5. The van der Waals surface area contributed by atoms with Crippen molar-refractivity contribution in [1.82, 2.24) is 0 Å². The lowest BCUT2D eigenvalue weighted by molar-refractivity contribution is 0.100. The minimum Gasteiger partial charge on any atom is -0.464 e. The first-order valence-electron chi connectivity index (χ1n) is 6.96. The minimum atomic E-state index is -0.582. The van der Waals surface area contributed by atoms with Crippen LogP contribution in [0.4, 0.5) is 10.1 Å². The number of hydrogen-bond donors (Lipinski definition) is 2. The highest BCUT2D eigenvalue weighted by Crippen LogP contribution is 2.47. The number of amides is 1. The summed E-state index contributed by atoms with van der Waals surface area (Å²) < 4.78 is 19.4. The molecular weight excluding hydrogens is 271 g/mol. The Morgan fingerprint density at radius 1 is 1.43 bits per heavy atom. The summed E-state index contributed by atoms with van der Waals surface area (Å²) in [5.74, 6) is 1.93. The average Bonchev–Trinajstić information content (AvgIpc) is 3.00. The summed E-state index contributed by atoms with van der Waals surface area (Å²) in [7, 11) is 0. The lowest BCUT2D eigenvalue weighted by Crippen LogP contribution is -2.12. The van der Waals surface area contributed by atoms with Crippen LogP contribution in [0.15, 0.2) is 34.7 Å². The van der Waals surface area contributed by atoms with E-state index in [1.165, 1.54) is 18.2 Å². The number of carbonyl (C=O) groups excluding carboxylic acids is 1. The smallest absolute Gasteiger partial charge is 0.248 e. The molecule has 21 heavy (non-hydrogen) atoms. The third kappa shape index (κ3) is 2.91. The Kier molecular flexibility index (Phi) is 3.41. The van der Waals surface area contributed by atoms with E-state index in [0.29, 0.717) is 18.4 Å². The molecule has 1 aromatic heterocycles. The molecule has 1 aromatic carbocycles. The van der Waals surface area contributed by atoms with Gasteiger partial charge < -0.3 is 15.5 Å². The predicted octanol–water partition coefficient (Wildman–Crippen LogP) is 3.25. The zero-order valence-electron chi connectivity index (χ0n) is 11.7. The first-order valence-corrected chi connectivity index (χ1v) is 6.96. The van der Waals surface area contributed by atoms with Crippen LogP contribution in [0.3, 0.4) is 0 Å². The molecule has 110 valence electrons. The van der Waals surface area contributed by atoms with Gasteiger partial charge in [0, 0.05) is 11.5 Å². The summed E-state index contributed by atoms with van der Waals surface area (Å²) in [5, 5.41) is 2.93. The van der Waals surface area contributed by atoms with Crippen molar-refractivity contribution < 1.29 is 13.6 Å². The SMILES string of the molecule is CC1CC1c1ccc(CNc2cc(C(N)=O)ccc2F)o1. The third-order valence-electron chi connectivity index (χ3n) is 3.86. The van der Waals surface area contributed by atoms with Crippen molar-refractivity contribution in [2.45, 2.75) is 25.8 Å². The van der Waals surface area contributed by atoms with Crippen molar-refractivity contribution >= 4 is 11.6 Å². The Hall–Kier alpha value is -2.30. The maximum absolute atomic E-state index is 13.7. The Bertz CT molecular complexity index is 681. The van der Waals surface area contributed by atoms with Crippen LogP contribution in [-0.4, -0.2) is 5.91 Å². The number of nitrogens with two attached hydrogens (primary N) is 1. The maximum Gasteiger partial charge on any atom is 0.248 e. The lowest BCUT2D eigenvalue weighted by Gasteiger charge is -2.07. The first-order chi connectivity index (χ1) is 10.0. The van der Waals surface area contributed by atoms with Crippen molar-refractivity contribution in [1.29, 1.82) is 0 Å². The highest BCUT2D eigenvalue weighted by atomic mass is 19.1. The second-order valence-corrected chi connectivity index (χ2v) is 5.54. The molecule has 2 aromatic rings. The molecule has 0 aliphatic heterocycles. The van der Waals surface area contributed by atoms with Gasteiger partial charge in [0.15, 0.2) is 0 Å². The molecule has 2 unspecified atom stereocenters. The molecule has 1 heterocycles. The Balaban J connectivity index is 1.68.